The number of piperidine rings is 1. The van der Waals surface area contributed by atoms with E-state index in [-0.39, 0.29) is 22.5 Å². The standard InChI is InChI=1S/C21H32FN3O3S/c1-2-24-29(27,28)17-9-10-19(22)18(15-17)20(26)23-16-21(11-5-3-6-12-21)25-13-7-4-8-14-25/h9-10,15,24H,2-8,11-14,16H2,1H3,(H,23,26). The van der Waals surface area contributed by atoms with Crippen LogP contribution in [0.5, 0.6) is 0 Å². The van der Waals surface area contributed by atoms with Gasteiger partial charge < -0.3 is 5.32 Å². The van der Waals surface area contributed by atoms with Crippen molar-refractivity contribution in [2.45, 2.75) is 68.7 Å². The van der Waals surface area contributed by atoms with Gasteiger partial charge in [-0.2, -0.15) is 0 Å². The normalized spacial score (nSPS) is 20.3. The minimum Gasteiger partial charge on any atom is -0.350 e. The molecule has 1 aromatic carbocycles. The van der Waals surface area contributed by atoms with Crippen molar-refractivity contribution in [3.05, 3.63) is 29.6 Å². The summed E-state index contributed by atoms with van der Waals surface area (Å²) in [5, 5.41) is 2.92. The number of amides is 1. The van der Waals surface area contributed by atoms with E-state index in [1.165, 1.54) is 31.7 Å². The van der Waals surface area contributed by atoms with Gasteiger partial charge in [0.15, 0.2) is 0 Å². The summed E-state index contributed by atoms with van der Waals surface area (Å²) in [5.41, 5.74) is -0.299. The van der Waals surface area contributed by atoms with Crippen LogP contribution in [0.25, 0.3) is 0 Å². The quantitative estimate of drug-likeness (QED) is 0.704. The van der Waals surface area contributed by atoms with Crippen molar-refractivity contribution in [1.29, 1.82) is 0 Å². The molecule has 1 saturated heterocycles. The molecule has 0 atom stereocenters. The number of halogens is 1. The molecular formula is C21H32FN3O3S. The first-order valence-corrected chi connectivity index (χ1v) is 12.2. The number of rotatable bonds is 7. The molecule has 1 aliphatic carbocycles. The number of sulfonamides is 1. The molecule has 0 aromatic heterocycles. The van der Waals surface area contributed by atoms with Gasteiger partial charge in [-0.3, -0.25) is 9.69 Å². The van der Waals surface area contributed by atoms with Crippen LogP contribution in [0.4, 0.5) is 4.39 Å². The summed E-state index contributed by atoms with van der Waals surface area (Å²) in [5.74, 6) is -1.27. The highest BCUT2D eigenvalue weighted by molar-refractivity contribution is 7.89. The summed E-state index contributed by atoms with van der Waals surface area (Å²) >= 11 is 0. The SMILES string of the molecule is CCNS(=O)(=O)c1ccc(F)c(C(=O)NCC2(N3CCCCC3)CCCCC2)c1. The van der Waals surface area contributed by atoms with Gasteiger partial charge in [-0.1, -0.05) is 32.6 Å². The topological polar surface area (TPSA) is 78.5 Å². The first-order chi connectivity index (χ1) is 13.9. The molecule has 0 radical (unpaired) electrons. The van der Waals surface area contributed by atoms with E-state index in [4.69, 9.17) is 0 Å². The molecule has 1 heterocycles. The van der Waals surface area contributed by atoms with Crippen LogP contribution in [-0.2, 0) is 10.0 Å². The molecule has 1 amide bonds. The van der Waals surface area contributed by atoms with Gasteiger partial charge in [0, 0.05) is 18.6 Å². The molecule has 0 bridgehead atoms. The zero-order valence-corrected chi connectivity index (χ0v) is 18.0. The van der Waals surface area contributed by atoms with Crippen LogP contribution in [-0.4, -0.2) is 50.9 Å². The van der Waals surface area contributed by atoms with Crippen LogP contribution >= 0.6 is 0 Å². The molecule has 6 nitrogen and oxygen atoms in total. The minimum absolute atomic E-state index is 0.0712. The molecule has 1 aliphatic heterocycles. The number of hydrogen-bond acceptors (Lipinski definition) is 4. The second-order valence-corrected chi connectivity index (χ2v) is 9.93. The van der Waals surface area contributed by atoms with Gasteiger partial charge in [-0.05, 0) is 57.0 Å². The molecule has 8 heteroatoms. The molecular weight excluding hydrogens is 393 g/mol. The Kier molecular flexibility index (Phi) is 7.29. The van der Waals surface area contributed by atoms with E-state index in [0.717, 1.165) is 50.9 Å². The van der Waals surface area contributed by atoms with Gasteiger partial charge >= 0.3 is 0 Å². The van der Waals surface area contributed by atoms with Crippen LogP contribution in [0.1, 0.15) is 68.6 Å². The molecule has 1 aromatic rings. The molecule has 2 aliphatic rings. The van der Waals surface area contributed by atoms with E-state index in [1.54, 1.807) is 6.92 Å². The lowest BCUT2D eigenvalue weighted by Crippen LogP contribution is -2.58. The fraction of sp³-hybridized carbons (Fsp3) is 0.667. The van der Waals surface area contributed by atoms with Crippen LogP contribution in [0.3, 0.4) is 0 Å². The third kappa shape index (κ3) is 5.16. The number of hydrogen-bond donors (Lipinski definition) is 2. The molecule has 2 fully saturated rings. The van der Waals surface area contributed by atoms with Crippen molar-refractivity contribution in [2.24, 2.45) is 0 Å². The monoisotopic (exact) mass is 425 g/mol. The van der Waals surface area contributed by atoms with Gasteiger partial charge in [0.25, 0.3) is 5.91 Å². The Morgan fingerprint density at radius 1 is 1.10 bits per heavy atom. The number of likely N-dealkylation sites (tertiary alicyclic amines) is 1. The van der Waals surface area contributed by atoms with Gasteiger partial charge in [0.1, 0.15) is 5.82 Å². The van der Waals surface area contributed by atoms with Crippen LogP contribution in [0.15, 0.2) is 23.1 Å². The Balaban J connectivity index is 1.76. The fourth-order valence-corrected chi connectivity index (χ4v) is 5.71. The van der Waals surface area contributed by atoms with Crippen LogP contribution < -0.4 is 10.0 Å². The predicted octanol–water partition coefficient (Wildman–Crippen LogP) is 3.04. The minimum atomic E-state index is -3.75. The number of carbonyl (C=O) groups excluding carboxylic acids is 1. The van der Waals surface area contributed by atoms with E-state index < -0.39 is 21.7 Å². The Labute approximate surface area is 173 Å². The van der Waals surface area contributed by atoms with E-state index in [2.05, 4.69) is 14.9 Å². The highest BCUT2D eigenvalue weighted by atomic mass is 32.2. The van der Waals surface area contributed by atoms with Gasteiger partial charge in [0.2, 0.25) is 10.0 Å². The Morgan fingerprint density at radius 3 is 2.41 bits per heavy atom. The maximum absolute atomic E-state index is 14.3. The lowest BCUT2D eigenvalue weighted by molar-refractivity contribution is 0.0326. The number of nitrogens with one attached hydrogen (secondary N) is 2. The summed E-state index contributed by atoms with van der Waals surface area (Å²) in [6.45, 7) is 4.44. The van der Waals surface area contributed by atoms with Gasteiger partial charge in [-0.15, -0.1) is 0 Å². The smallest absolute Gasteiger partial charge is 0.254 e. The largest absolute Gasteiger partial charge is 0.350 e. The summed E-state index contributed by atoms with van der Waals surface area (Å²) in [6.07, 6.45) is 9.15. The van der Waals surface area contributed by atoms with E-state index in [1.807, 2.05) is 0 Å². The second-order valence-electron chi connectivity index (χ2n) is 8.16. The van der Waals surface area contributed by atoms with Crippen molar-refractivity contribution >= 4 is 15.9 Å². The molecule has 2 N–H and O–H groups in total. The molecule has 1 saturated carbocycles. The zero-order chi connectivity index (χ0) is 20.9. The fourth-order valence-electron chi connectivity index (χ4n) is 4.64. The number of carbonyl (C=O) groups is 1. The molecule has 3 rings (SSSR count). The van der Waals surface area contributed by atoms with Gasteiger partial charge in [-0.25, -0.2) is 17.5 Å². The van der Waals surface area contributed by atoms with E-state index >= 15 is 0 Å². The molecule has 162 valence electrons. The average Bonchev–Trinajstić information content (AvgIpc) is 2.73. The lowest BCUT2D eigenvalue weighted by atomic mass is 9.79. The third-order valence-electron chi connectivity index (χ3n) is 6.22. The molecule has 0 spiro atoms. The van der Waals surface area contributed by atoms with Crippen molar-refractivity contribution in [3.8, 4) is 0 Å². The maximum atomic E-state index is 14.3. The Morgan fingerprint density at radius 2 is 1.76 bits per heavy atom. The van der Waals surface area contributed by atoms with Crippen LogP contribution in [0.2, 0.25) is 0 Å². The van der Waals surface area contributed by atoms with Crippen molar-refractivity contribution in [1.82, 2.24) is 14.9 Å². The Hall–Kier alpha value is -1.51. The maximum Gasteiger partial charge on any atom is 0.254 e. The summed E-state index contributed by atoms with van der Waals surface area (Å²) in [7, 11) is -3.75. The first-order valence-electron chi connectivity index (χ1n) is 10.7. The summed E-state index contributed by atoms with van der Waals surface area (Å²) < 4.78 is 41.1. The summed E-state index contributed by atoms with van der Waals surface area (Å²) in [6, 6.07) is 3.34. The molecule has 29 heavy (non-hydrogen) atoms. The molecule has 0 unspecified atom stereocenters. The number of nitrogens with zero attached hydrogens (tertiary/aromatic N) is 1. The zero-order valence-electron chi connectivity index (χ0n) is 17.2. The lowest BCUT2D eigenvalue weighted by Gasteiger charge is -2.48. The second kappa shape index (κ2) is 9.53. The van der Waals surface area contributed by atoms with E-state index in [9.17, 15) is 17.6 Å². The first kappa shape index (κ1) is 22.2. The summed E-state index contributed by atoms with van der Waals surface area (Å²) in [4.78, 5) is 15.2. The predicted molar refractivity (Wildman–Crippen MR) is 111 cm³/mol. The van der Waals surface area contributed by atoms with Crippen molar-refractivity contribution in [3.63, 3.8) is 0 Å². The van der Waals surface area contributed by atoms with Crippen LogP contribution in [0, 0.1) is 5.82 Å². The average molecular weight is 426 g/mol. The van der Waals surface area contributed by atoms with Crippen molar-refractivity contribution < 1.29 is 17.6 Å². The van der Waals surface area contributed by atoms with E-state index in [0.29, 0.717) is 6.54 Å². The Bertz CT molecular complexity index is 816. The number of benzene rings is 1. The van der Waals surface area contributed by atoms with Crippen molar-refractivity contribution in [2.75, 3.05) is 26.2 Å². The highest BCUT2D eigenvalue weighted by Gasteiger charge is 2.38. The van der Waals surface area contributed by atoms with Gasteiger partial charge in [0.05, 0.1) is 10.5 Å². The highest BCUT2D eigenvalue weighted by Crippen LogP contribution is 2.35. The third-order valence-corrected chi connectivity index (χ3v) is 7.76.